The third-order valence-electron chi connectivity index (χ3n) is 5.93. The molecule has 0 aliphatic carbocycles. The number of nitrogens with two attached hydrogens (primary N) is 1. The Morgan fingerprint density at radius 3 is 2.12 bits per heavy atom. The van der Waals surface area contributed by atoms with Crippen LogP contribution in [0.25, 0.3) is 0 Å². The molecule has 0 spiro atoms. The number of ether oxygens (including phenoxy) is 2. The number of nitrogens with one attached hydrogen (secondary N) is 3. The van der Waals surface area contributed by atoms with E-state index >= 15 is 0 Å². The van der Waals surface area contributed by atoms with E-state index in [2.05, 4.69) is 10.6 Å². The maximum Gasteiger partial charge on any atom is 0.410 e. The maximum atomic E-state index is 13.4. The number of carbonyl (C=O) groups is 5. The minimum atomic E-state index is -1.15. The average molecular weight is 562 g/mol. The number of hydrazine groups is 1. The Balaban J connectivity index is 2.19. The summed E-state index contributed by atoms with van der Waals surface area (Å²) in [6.07, 6.45) is 0.342. The third-order valence-corrected chi connectivity index (χ3v) is 5.93. The van der Waals surface area contributed by atoms with Crippen molar-refractivity contribution in [2.45, 2.75) is 103 Å². The predicted octanol–water partition coefficient (Wildman–Crippen LogP) is 1.71. The van der Waals surface area contributed by atoms with Crippen molar-refractivity contribution in [3.8, 4) is 0 Å². The minimum absolute atomic E-state index is 0.0647. The number of hydrogen-bond donors (Lipinski definition) is 4. The molecule has 222 valence electrons. The number of nitrogens with zero attached hydrogens (tertiary/aromatic N) is 1. The standard InChI is InChI=1S/C28H43N5O7/c1-27(2,3)39-22(34)15-14-19(24(36)32-29)30-23(35)20(17-18-11-8-7-9-12-18)31-25(37)21-13-10-16-33(21)26(38)40-28(4,5)6/h7-9,11-12,19-21H,10,13-17,29H2,1-6H3,(H,30,35)(H,31,37)(H,32,36). The predicted molar refractivity (Wildman–Crippen MR) is 147 cm³/mol. The summed E-state index contributed by atoms with van der Waals surface area (Å²) in [4.78, 5) is 65.5. The van der Waals surface area contributed by atoms with Crippen molar-refractivity contribution in [1.29, 1.82) is 0 Å². The Morgan fingerprint density at radius 1 is 0.925 bits per heavy atom. The fourth-order valence-electron chi connectivity index (χ4n) is 4.20. The van der Waals surface area contributed by atoms with Crippen molar-refractivity contribution >= 4 is 29.8 Å². The van der Waals surface area contributed by atoms with Gasteiger partial charge in [0.15, 0.2) is 0 Å². The summed E-state index contributed by atoms with van der Waals surface area (Å²) >= 11 is 0. The van der Waals surface area contributed by atoms with Crippen LogP contribution in [0.15, 0.2) is 30.3 Å². The fraction of sp³-hybridized carbons (Fsp3) is 0.607. The highest BCUT2D eigenvalue weighted by Gasteiger charge is 2.38. The normalized spacial score (nSPS) is 16.9. The molecule has 0 bridgehead atoms. The molecule has 1 fully saturated rings. The van der Waals surface area contributed by atoms with Crippen molar-refractivity contribution in [2.75, 3.05) is 6.54 Å². The van der Waals surface area contributed by atoms with Gasteiger partial charge >= 0.3 is 12.1 Å². The minimum Gasteiger partial charge on any atom is -0.460 e. The summed E-state index contributed by atoms with van der Waals surface area (Å²) in [6.45, 7) is 10.8. The van der Waals surface area contributed by atoms with Crippen LogP contribution in [0.2, 0.25) is 0 Å². The second kappa shape index (κ2) is 14.1. The van der Waals surface area contributed by atoms with Gasteiger partial charge in [-0.3, -0.25) is 29.5 Å². The highest BCUT2D eigenvalue weighted by molar-refractivity contribution is 5.94. The molecule has 2 rings (SSSR count). The first-order valence-electron chi connectivity index (χ1n) is 13.5. The Labute approximate surface area is 235 Å². The van der Waals surface area contributed by atoms with Crippen LogP contribution in [0.5, 0.6) is 0 Å². The van der Waals surface area contributed by atoms with Gasteiger partial charge in [-0.15, -0.1) is 0 Å². The zero-order valence-corrected chi connectivity index (χ0v) is 24.2. The number of rotatable bonds is 10. The van der Waals surface area contributed by atoms with Crippen LogP contribution in [0.3, 0.4) is 0 Å². The largest absolute Gasteiger partial charge is 0.460 e. The van der Waals surface area contributed by atoms with Gasteiger partial charge in [0.25, 0.3) is 5.91 Å². The van der Waals surface area contributed by atoms with Crippen LogP contribution in [0, 0.1) is 0 Å². The molecule has 4 amide bonds. The first-order chi connectivity index (χ1) is 18.6. The number of amides is 4. The average Bonchev–Trinajstić information content (AvgIpc) is 3.34. The molecule has 1 saturated heterocycles. The fourth-order valence-corrected chi connectivity index (χ4v) is 4.20. The summed E-state index contributed by atoms with van der Waals surface area (Å²) < 4.78 is 10.7. The van der Waals surface area contributed by atoms with Gasteiger partial charge in [0.1, 0.15) is 29.3 Å². The first kappa shape index (κ1) is 32.5. The van der Waals surface area contributed by atoms with E-state index < -0.39 is 59.1 Å². The molecule has 12 heteroatoms. The molecule has 0 aromatic heterocycles. The number of carbonyl (C=O) groups excluding carboxylic acids is 5. The molecule has 40 heavy (non-hydrogen) atoms. The van der Waals surface area contributed by atoms with Gasteiger partial charge in [-0.05, 0) is 66.4 Å². The van der Waals surface area contributed by atoms with Gasteiger partial charge in [-0.1, -0.05) is 30.3 Å². The lowest BCUT2D eigenvalue weighted by Crippen LogP contribution is -2.57. The number of likely N-dealkylation sites (tertiary alicyclic amines) is 1. The second-order valence-electron chi connectivity index (χ2n) is 11.8. The monoisotopic (exact) mass is 561 g/mol. The van der Waals surface area contributed by atoms with Crippen molar-refractivity contribution in [1.82, 2.24) is 21.0 Å². The summed E-state index contributed by atoms with van der Waals surface area (Å²) in [7, 11) is 0. The van der Waals surface area contributed by atoms with E-state index in [0.29, 0.717) is 19.4 Å². The van der Waals surface area contributed by atoms with Gasteiger partial charge in [-0.25, -0.2) is 10.6 Å². The van der Waals surface area contributed by atoms with E-state index in [1.807, 2.05) is 23.6 Å². The van der Waals surface area contributed by atoms with Gasteiger partial charge in [-0.2, -0.15) is 0 Å². The van der Waals surface area contributed by atoms with Crippen molar-refractivity contribution in [2.24, 2.45) is 5.84 Å². The molecular weight excluding hydrogens is 518 g/mol. The summed E-state index contributed by atoms with van der Waals surface area (Å²) in [5.74, 6) is 2.94. The molecule has 5 N–H and O–H groups in total. The Morgan fingerprint density at radius 2 is 1.55 bits per heavy atom. The van der Waals surface area contributed by atoms with Crippen LogP contribution < -0.4 is 21.9 Å². The zero-order chi connectivity index (χ0) is 30.1. The molecule has 1 aromatic carbocycles. The second-order valence-corrected chi connectivity index (χ2v) is 11.8. The Hall–Kier alpha value is -3.67. The van der Waals surface area contributed by atoms with Gasteiger partial charge < -0.3 is 20.1 Å². The molecule has 1 heterocycles. The molecule has 3 unspecified atom stereocenters. The van der Waals surface area contributed by atoms with Gasteiger partial charge in [0, 0.05) is 19.4 Å². The Bertz CT molecular complexity index is 1050. The summed E-state index contributed by atoms with van der Waals surface area (Å²) in [5, 5.41) is 5.37. The maximum absolute atomic E-state index is 13.4. The zero-order valence-electron chi connectivity index (χ0n) is 24.2. The van der Waals surface area contributed by atoms with Crippen molar-refractivity contribution < 1.29 is 33.4 Å². The topological polar surface area (TPSA) is 169 Å². The van der Waals surface area contributed by atoms with E-state index in [1.165, 1.54) is 4.90 Å². The molecule has 1 aliphatic rings. The third kappa shape index (κ3) is 10.8. The highest BCUT2D eigenvalue weighted by Crippen LogP contribution is 2.21. The van der Waals surface area contributed by atoms with Crippen molar-refractivity contribution in [3.63, 3.8) is 0 Å². The van der Waals surface area contributed by atoms with E-state index in [0.717, 1.165) is 5.56 Å². The Kier molecular flexibility index (Phi) is 11.5. The molecule has 0 saturated carbocycles. The van der Waals surface area contributed by atoms with Crippen LogP contribution >= 0.6 is 0 Å². The lowest BCUT2D eigenvalue weighted by Gasteiger charge is -2.29. The summed E-state index contributed by atoms with van der Waals surface area (Å²) in [6, 6.07) is 6.01. The van der Waals surface area contributed by atoms with E-state index in [-0.39, 0.29) is 19.3 Å². The molecule has 12 nitrogen and oxygen atoms in total. The van der Waals surface area contributed by atoms with Crippen LogP contribution in [-0.4, -0.2) is 70.6 Å². The summed E-state index contributed by atoms with van der Waals surface area (Å²) in [5.41, 5.74) is 1.34. The lowest BCUT2D eigenvalue weighted by atomic mass is 10.0. The highest BCUT2D eigenvalue weighted by atomic mass is 16.6. The van der Waals surface area contributed by atoms with Gasteiger partial charge in [0.05, 0.1) is 0 Å². The number of benzene rings is 1. The molecule has 1 aromatic rings. The van der Waals surface area contributed by atoms with Crippen LogP contribution in [-0.2, 0) is 35.1 Å². The van der Waals surface area contributed by atoms with Crippen LogP contribution in [0.1, 0.15) is 72.8 Å². The number of esters is 1. The van der Waals surface area contributed by atoms with E-state index in [1.54, 1.807) is 53.7 Å². The van der Waals surface area contributed by atoms with E-state index in [4.69, 9.17) is 15.3 Å². The van der Waals surface area contributed by atoms with Gasteiger partial charge in [0.2, 0.25) is 11.8 Å². The smallest absolute Gasteiger partial charge is 0.410 e. The molecule has 0 radical (unpaired) electrons. The van der Waals surface area contributed by atoms with E-state index in [9.17, 15) is 24.0 Å². The lowest BCUT2D eigenvalue weighted by molar-refractivity contribution is -0.155. The SMILES string of the molecule is CC(C)(C)OC(=O)CCC(NC(=O)C(Cc1ccccc1)NC(=O)C1CCCN1C(=O)OC(C)(C)C)C(=O)NN. The van der Waals surface area contributed by atoms with Crippen molar-refractivity contribution in [3.05, 3.63) is 35.9 Å². The molecule has 1 aliphatic heterocycles. The quantitative estimate of drug-likeness (QED) is 0.145. The number of hydrogen-bond acceptors (Lipinski definition) is 8. The van der Waals surface area contributed by atoms with Crippen LogP contribution in [0.4, 0.5) is 4.79 Å². The molecular formula is C28H43N5O7. The molecule has 3 atom stereocenters. The first-order valence-corrected chi connectivity index (χ1v) is 13.5.